The number of pyridine rings is 1. The van der Waals surface area contributed by atoms with Crippen molar-refractivity contribution < 1.29 is 9.26 Å². The predicted molar refractivity (Wildman–Crippen MR) is 77.6 cm³/mol. The highest BCUT2D eigenvalue weighted by Crippen LogP contribution is 2.36. The quantitative estimate of drug-likeness (QED) is 0.930. The van der Waals surface area contributed by atoms with Crippen molar-refractivity contribution in [2.24, 2.45) is 5.73 Å². The van der Waals surface area contributed by atoms with E-state index in [1.165, 1.54) is 0 Å². The number of rotatable bonds is 4. The van der Waals surface area contributed by atoms with Gasteiger partial charge in [0.05, 0.1) is 11.6 Å². The monoisotopic (exact) mass is 288 g/mol. The van der Waals surface area contributed by atoms with Crippen LogP contribution < -0.4 is 10.5 Å². The molecule has 0 radical (unpaired) electrons. The van der Waals surface area contributed by atoms with E-state index in [2.05, 4.69) is 15.1 Å². The summed E-state index contributed by atoms with van der Waals surface area (Å²) < 4.78 is 11.1. The SMILES string of the molecule is CC(C)Oc1cccnc1-c1nc(C2(N)CCCC2)no1. The standard InChI is InChI=1S/C15H20N4O2/c1-10(2)20-11-6-5-9-17-12(11)13-18-14(19-21-13)15(16)7-3-4-8-15/h5-6,9-10H,3-4,7-8,16H2,1-2H3. The second-order valence-corrected chi connectivity index (χ2v) is 5.80. The number of ether oxygens (including phenoxy) is 1. The minimum atomic E-state index is -0.463. The summed E-state index contributed by atoms with van der Waals surface area (Å²) in [5.41, 5.74) is 6.45. The van der Waals surface area contributed by atoms with Crippen molar-refractivity contribution in [2.75, 3.05) is 0 Å². The number of hydrogen-bond donors (Lipinski definition) is 1. The molecule has 1 aliphatic rings. The van der Waals surface area contributed by atoms with Gasteiger partial charge in [0.2, 0.25) is 0 Å². The number of nitrogens with two attached hydrogens (primary N) is 1. The maximum atomic E-state index is 6.35. The molecule has 0 saturated heterocycles. The topological polar surface area (TPSA) is 87.1 Å². The van der Waals surface area contributed by atoms with E-state index in [9.17, 15) is 0 Å². The Labute approximate surface area is 123 Å². The molecule has 0 amide bonds. The van der Waals surface area contributed by atoms with Gasteiger partial charge in [-0.25, -0.2) is 4.98 Å². The average Bonchev–Trinajstić information content (AvgIpc) is 3.08. The summed E-state index contributed by atoms with van der Waals surface area (Å²) in [5, 5.41) is 4.06. The molecule has 2 heterocycles. The molecule has 0 aliphatic heterocycles. The lowest BCUT2D eigenvalue weighted by Gasteiger charge is -2.17. The fourth-order valence-electron chi connectivity index (χ4n) is 2.65. The molecule has 0 aromatic carbocycles. The van der Waals surface area contributed by atoms with E-state index in [1.54, 1.807) is 6.20 Å². The Kier molecular flexibility index (Phi) is 3.63. The van der Waals surface area contributed by atoms with Crippen molar-refractivity contribution in [2.45, 2.75) is 51.2 Å². The van der Waals surface area contributed by atoms with Crippen molar-refractivity contribution in [1.29, 1.82) is 0 Å². The Bertz CT molecular complexity index is 618. The number of aromatic nitrogens is 3. The molecule has 112 valence electrons. The van der Waals surface area contributed by atoms with Crippen LogP contribution in [0, 0.1) is 0 Å². The first-order valence-corrected chi connectivity index (χ1v) is 7.33. The Morgan fingerprint density at radius 2 is 2.10 bits per heavy atom. The minimum absolute atomic E-state index is 0.0472. The van der Waals surface area contributed by atoms with Crippen LogP contribution in [0.1, 0.15) is 45.4 Å². The zero-order chi connectivity index (χ0) is 14.9. The van der Waals surface area contributed by atoms with Gasteiger partial charge in [0.15, 0.2) is 17.3 Å². The van der Waals surface area contributed by atoms with Gasteiger partial charge in [-0.2, -0.15) is 4.98 Å². The van der Waals surface area contributed by atoms with Crippen molar-refractivity contribution in [3.05, 3.63) is 24.2 Å². The average molecular weight is 288 g/mol. The molecule has 3 rings (SSSR count). The van der Waals surface area contributed by atoms with E-state index < -0.39 is 5.54 Å². The van der Waals surface area contributed by atoms with Crippen LogP contribution >= 0.6 is 0 Å². The molecule has 6 nitrogen and oxygen atoms in total. The summed E-state index contributed by atoms with van der Waals surface area (Å²) in [6, 6.07) is 3.67. The van der Waals surface area contributed by atoms with Crippen molar-refractivity contribution in [3.8, 4) is 17.3 Å². The van der Waals surface area contributed by atoms with Gasteiger partial charge in [0, 0.05) is 6.20 Å². The lowest BCUT2D eigenvalue weighted by Crippen LogP contribution is -2.34. The van der Waals surface area contributed by atoms with Crippen molar-refractivity contribution >= 4 is 0 Å². The molecule has 0 spiro atoms. The summed E-state index contributed by atoms with van der Waals surface area (Å²) >= 11 is 0. The first-order chi connectivity index (χ1) is 10.1. The van der Waals surface area contributed by atoms with Gasteiger partial charge >= 0.3 is 0 Å². The van der Waals surface area contributed by atoms with Crippen LogP contribution in [-0.4, -0.2) is 21.2 Å². The third kappa shape index (κ3) is 2.76. The van der Waals surface area contributed by atoms with Crippen LogP contribution in [0.3, 0.4) is 0 Å². The Morgan fingerprint density at radius 3 is 2.81 bits per heavy atom. The molecule has 2 aromatic rings. The molecule has 21 heavy (non-hydrogen) atoms. The molecule has 2 N–H and O–H groups in total. The molecule has 6 heteroatoms. The normalized spacial score (nSPS) is 17.3. The van der Waals surface area contributed by atoms with Gasteiger partial charge < -0.3 is 15.0 Å². The van der Waals surface area contributed by atoms with E-state index in [4.69, 9.17) is 15.0 Å². The first-order valence-electron chi connectivity index (χ1n) is 7.33. The fraction of sp³-hybridized carbons (Fsp3) is 0.533. The maximum absolute atomic E-state index is 6.35. The molecule has 2 aromatic heterocycles. The smallest absolute Gasteiger partial charge is 0.280 e. The molecular formula is C15H20N4O2. The summed E-state index contributed by atoms with van der Waals surface area (Å²) in [6.07, 6.45) is 5.72. The lowest BCUT2D eigenvalue weighted by molar-refractivity contribution is 0.242. The van der Waals surface area contributed by atoms with Crippen LogP contribution in [0.5, 0.6) is 5.75 Å². The van der Waals surface area contributed by atoms with Crippen LogP contribution in [0.25, 0.3) is 11.6 Å². The van der Waals surface area contributed by atoms with Gasteiger partial charge in [-0.15, -0.1) is 0 Å². The summed E-state index contributed by atoms with van der Waals surface area (Å²) in [5.74, 6) is 1.56. The zero-order valence-electron chi connectivity index (χ0n) is 12.4. The zero-order valence-corrected chi connectivity index (χ0v) is 12.4. The van der Waals surface area contributed by atoms with Crippen molar-refractivity contribution in [1.82, 2.24) is 15.1 Å². The lowest BCUT2D eigenvalue weighted by atomic mass is 9.99. The number of nitrogens with zero attached hydrogens (tertiary/aromatic N) is 3. The van der Waals surface area contributed by atoms with E-state index >= 15 is 0 Å². The van der Waals surface area contributed by atoms with E-state index in [0.717, 1.165) is 25.7 Å². The minimum Gasteiger partial charge on any atom is -0.489 e. The molecule has 1 fully saturated rings. The van der Waals surface area contributed by atoms with Crippen LogP contribution in [0.4, 0.5) is 0 Å². The Balaban J connectivity index is 1.93. The van der Waals surface area contributed by atoms with Crippen LogP contribution in [0.15, 0.2) is 22.9 Å². The maximum Gasteiger partial charge on any atom is 0.280 e. The second-order valence-electron chi connectivity index (χ2n) is 5.80. The highest BCUT2D eigenvalue weighted by atomic mass is 16.5. The van der Waals surface area contributed by atoms with Gasteiger partial charge in [0.1, 0.15) is 0 Å². The van der Waals surface area contributed by atoms with Crippen LogP contribution in [-0.2, 0) is 5.54 Å². The van der Waals surface area contributed by atoms with E-state index in [0.29, 0.717) is 23.2 Å². The van der Waals surface area contributed by atoms with Crippen LogP contribution in [0.2, 0.25) is 0 Å². The van der Waals surface area contributed by atoms with E-state index in [1.807, 2.05) is 26.0 Å². The molecule has 0 unspecified atom stereocenters. The largest absolute Gasteiger partial charge is 0.489 e. The van der Waals surface area contributed by atoms with Gasteiger partial charge in [-0.3, -0.25) is 0 Å². The van der Waals surface area contributed by atoms with E-state index in [-0.39, 0.29) is 6.10 Å². The molecule has 0 bridgehead atoms. The fourth-order valence-corrected chi connectivity index (χ4v) is 2.65. The summed E-state index contributed by atoms with van der Waals surface area (Å²) in [6.45, 7) is 3.92. The molecule has 1 aliphatic carbocycles. The molecular weight excluding hydrogens is 268 g/mol. The Hall–Kier alpha value is -1.95. The van der Waals surface area contributed by atoms with Gasteiger partial charge in [-0.1, -0.05) is 18.0 Å². The van der Waals surface area contributed by atoms with Crippen molar-refractivity contribution in [3.63, 3.8) is 0 Å². The third-order valence-corrected chi connectivity index (χ3v) is 3.70. The number of hydrogen-bond acceptors (Lipinski definition) is 6. The highest BCUT2D eigenvalue weighted by Gasteiger charge is 2.36. The van der Waals surface area contributed by atoms with Gasteiger partial charge in [0.25, 0.3) is 5.89 Å². The molecule has 1 saturated carbocycles. The highest BCUT2D eigenvalue weighted by molar-refractivity contribution is 5.57. The first kappa shape index (κ1) is 14.0. The summed E-state index contributed by atoms with van der Waals surface area (Å²) in [4.78, 5) is 8.76. The Morgan fingerprint density at radius 1 is 1.33 bits per heavy atom. The second kappa shape index (κ2) is 5.44. The van der Waals surface area contributed by atoms with Gasteiger partial charge in [-0.05, 0) is 38.8 Å². The predicted octanol–water partition coefficient (Wildman–Crippen LogP) is 2.65. The molecule has 0 atom stereocenters. The summed E-state index contributed by atoms with van der Waals surface area (Å²) in [7, 11) is 0. The third-order valence-electron chi connectivity index (χ3n) is 3.70.